The first-order valence-corrected chi connectivity index (χ1v) is 13.3. The Kier molecular flexibility index (Phi) is 7.35. The maximum atomic E-state index is 14.3. The van der Waals surface area contributed by atoms with Crippen LogP contribution < -0.4 is 0 Å². The zero-order chi connectivity index (χ0) is 25.3. The van der Waals surface area contributed by atoms with Crippen molar-refractivity contribution in [3.8, 4) is 0 Å². The molecule has 8 nitrogen and oxygen atoms in total. The molecule has 4 heterocycles. The number of nitrogens with zero attached hydrogens (tertiary/aromatic N) is 3. The molecule has 5 atom stereocenters. The fourth-order valence-electron chi connectivity index (χ4n) is 7.13. The maximum absolute atomic E-state index is 14.3. The number of methoxy groups -OCH3 is 1. The third-order valence-electron chi connectivity index (χ3n) is 8.82. The van der Waals surface area contributed by atoms with Crippen LogP contribution in [0.2, 0.25) is 0 Å². The van der Waals surface area contributed by atoms with Gasteiger partial charge in [-0.1, -0.05) is 18.7 Å². The molecule has 0 radical (unpaired) electrons. The number of aromatic nitrogens is 1. The smallest absolute Gasteiger partial charge is 0.410 e. The van der Waals surface area contributed by atoms with Crippen LogP contribution in [0.25, 0.3) is 0 Å². The lowest BCUT2D eigenvalue weighted by Crippen LogP contribution is -2.49. The summed E-state index contributed by atoms with van der Waals surface area (Å²) in [7, 11) is 1.76. The summed E-state index contributed by atoms with van der Waals surface area (Å²) in [6.07, 6.45) is 7.82. The van der Waals surface area contributed by atoms with Gasteiger partial charge in [-0.3, -0.25) is 9.78 Å². The highest BCUT2D eigenvalue weighted by Gasteiger charge is 2.60. The standard InChI is InChI=1S/C28H39N3O5/c1-4-8-36-27(33)31-16-23-12-20(11-21-6-9-35-17-25(21)34-3)13-28(23,18-31)26(32)30-7-5-24-22(15-30)10-19(2)14-29-24/h4,10,14,20-21,23,25H,1,5-9,11-13,15-18H2,2-3H3/t20-,21?,23+,25?,28+/m1/s1. The van der Waals surface area contributed by atoms with Gasteiger partial charge < -0.3 is 24.0 Å². The van der Waals surface area contributed by atoms with Crippen molar-refractivity contribution in [3.63, 3.8) is 0 Å². The Morgan fingerprint density at radius 3 is 3.03 bits per heavy atom. The minimum Gasteiger partial charge on any atom is -0.445 e. The second-order valence-electron chi connectivity index (χ2n) is 11.1. The third kappa shape index (κ3) is 4.77. The van der Waals surface area contributed by atoms with Crippen molar-refractivity contribution < 1.29 is 23.8 Å². The highest BCUT2D eigenvalue weighted by Crippen LogP contribution is 2.54. The Balaban J connectivity index is 1.35. The monoisotopic (exact) mass is 497 g/mol. The quantitative estimate of drug-likeness (QED) is 0.561. The summed E-state index contributed by atoms with van der Waals surface area (Å²) in [5.41, 5.74) is 2.79. The average Bonchev–Trinajstić information content (AvgIpc) is 3.41. The minimum absolute atomic E-state index is 0.116. The maximum Gasteiger partial charge on any atom is 0.410 e. The van der Waals surface area contributed by atoms with Gasteiger partial charge in [-0.15, -0.1) is 0 Å². The van der Waals surface area contributed by atoms with Gasteiger partial charge in [-0.25, -0.2) is 4.79 Å². The van der Waals surface area contributed by atoms with Crippen LogP contribution >= 0.6 is 0 Å². The molecule has 2 unspecified atom stereocenters. The molecule has 1 aliphatic carbocycles. The summed E-state index contributed by atoms with van der Waals surface area (Å²) in [4.78, 5) is 35.4. The molecule has 196 valence electrons. The van der Waals surface area contributed by atoms with E-state index in [1.54, 1.807) is 18.1 Å². The molecule has 4 aliphatic rings. The molecule has 1 aromatic rings. The molecule has 0 bridgehead atoms. The number of fused-ring (bicyclic) bond motifs is 2. The third-order valence-corrected chi connectivity index (χ3v) is 8.82. The molecule has 0 N–H and O–H groups in total. The van der Waals surface area contributed by atoms with Crippen LogP contribution in [-0.2, 0) is 32.0 Å². The van der Waals surface area contributed by atoms with Gasteiger partial charge in [0.1, 0.15) is 6.61 Å². The van der Waals surface area contributed by atoms with Gasteiger partial charge in [0.15, 0.2) is 0 Å². The molecular formula is C28H39N3O5. The van der Waals surface area contributed by atoms with Crippen LogP contribution in [0.1, 0.15) is 42.5 Å². The molecule has 0 spiro atoms. The predicted octanol–water partition coefficient (Wildman–Crippen LogP) is 3.37. The Morgan fingerprint density at radius 2 is 2.22 bits per heavy atom. The van der Waals surface area contributed by atoms with Gasteiger partial charge >= 0.3 is 6.09 Å². The van der Waals surface area contributed by atoms with Crippen molar-refractivity contribution in [2.24, 2.45) is 23.2 Å². The number of hydrogen-bond donors (Lipinski definition) is 0. The summed E-state index contributed by atoms with van der Waals surface area (Å²) >= 11 is 0. The lowest BCUT2D eigenvalue weighted by atomic mass is 9.78. The van der Waals surface area contributed by atoms with Gasteiger partial charge in [-0.2, -0.15) is 0 Å². The lowest BCUT2D eigenvalue weighted by molar-refractivity contribution is -0.144. The van der Waals surface area contributed by atoms with Crippen LogP contribution in [0.4, 0.5) is 4.79 Å². The van der Waals surface area contributed by atoms with Crippen molar-refractivity contribution >= 4 is 12.0 Å². The fourth-order valence-corrected chi connectivity index (χ4v) is 7.13. The fraction of sp³-hybridized carbons (Fsp3) is 0.679. The average molecular weight is 498 g/mol. The highest BCUT2D eigenvalue weighted by molar-refractivity contribution is 5.85. The summed E-state index contributed by atoms with van der Waals surface area (Å²) in [6, 6.07) is 2.15. The first kappa shape index (κ1) is 25.2. The Hall–Kier alpha value is -2.45. The predicted molar refractivity (Wildman–Crippen MR) is 134 cm³/mol. The number of carbonyl (C=O) groups excluding carboxylic acids is 2. The van der Waals surface area contributed by atoms with Gasteiger partial charge in [0.25, 0.3) is 0 Å². The molecule has 3 fully saturated rings. The number of pyridine rings is 1. The first-order chi connectivity index (χ1) is 17.4. The van der Waals surface area contributed by atoms with Crippen LogP contribution in [-0.4, -0.2) is 79.5 Å². The van der Waals surface area contributed by atoms with E-state index in [-0.39, 0.29) is 30.6 Å². The summed E-state index contributed by atoms with van der Waals surface area (Å²) in [5.74, 6) is 1.22. The number of carbonyl (C=O) groups is 2. The van der Waals surface area contributed by atoms with E-state index in [1.165, 1.54) is 0 Å². The minimum atomic E-state index is -0.555. The first-order valence-electron chi connectivity index (χ1n) is 13.3. The summed E-state index contributed by atoms with van der Waals surface area (Å²) in [5, 5.41) is 0. The van der Waals surface area contributed by atoms with Gasteiger partial charge in [0.05, 0.1) is 18.1 Å². The molecule has 0 aromatic carbocycles. The molecule has 2 saturated heterocycles. The van der Waals surface area contributed by atoms with Gasteiger partial charge in [0.2, 0.25) is 5.91 Å². The van der Waals surface area contributed by atoms with Crippen LogP contribution in [0.3, 0.4) is 0 Å². The Bertz CT molecular complexity index is 999. The van der Waals surface area contributed by atoms with Crippen molar-refractivity contribution in [1.82, 2.24) is 14.8 Å². The highest BCUT2D eigenvalue weighted by atomic mass is 16.6. The van der Waals surface area contributed by atoms with Crippen LogP contribution in [0, 0.1) is 30.1 Å². The van der Waals surface area contributed by atoms with E-state index in [0.717, 1.165) is 55.5 Å². The Morgan fingerprint density at radius 1 is 1.36 bits per heavy atom. The molecule has 5 rings (SSSR count). The van der Waals surface area contributed by atoms with E-state index in [2.05, 4.69) is 17.6 Å². The molecule has 3 aliphatic heterocycles. The van der Waals surface area contributed by atoms with E-state index >= 15 is 0 Å². The summed E-state index contributed by atoms with van der Waals surface area (Å²) < 4.78 is 16.7. The van der Waals surface area contributed by atoms with Crippen molar-refractivity contribution in [2.45, 2.75) is 51.7 Å². The zero-order valence-electron chi connectivity index (χ0n) is 21.6. The molecule has 8 heteroatoms. The number of ether oxygens (including phenoxy) is 3. The van der Waals surface area contributed by atoms with E-state index in [4.69, 9.17) is 14.2 Å². The SMILES string of the molecule is C=CCOC(=O)N1C[C@@H]2C[C@@H](CC3CCOCC3OC)C[C@]2(C(=O)N2CCc3ncc(C)cc3C2)C1. The number of rotatable bonds is 6. The number of hydrogen-bond acceptors (Lipinski definition) is 6. The van der Waals surface area contributed by atoms with Gasteiger partial charge in [0, 0.05) is 58.2 Å². The number of aryl methyl sites for hydroxylation is 1. The lowest BCUT2D eigenvalue weighted by Gasteiger charge is -2.37. The van der Waals surface area contributed by atoms with Crippen LogP contribution in [0.5, 0.6) is 0 Å². The number of amides is 2. The van der Waals surface area contributed by atoms with Crippen molar-refractivity contribution in [3.05, 3.63) is 41.7 Å². The number of likely N-dealkylation sites (tertiary alicyclic amines) is 1. The Labute approximate surface area is 214 Å². The van der Waals surface area contributed by atoms with E-state index in [1.807, 2.05) is 18.0 Å². The van der Waals surface area contributed by atoms with Crippen molar-refractivity contribution in [2.75, 3.05) is 46.6 Å². The van der Waals surface area contributed by atoms with Crippen LogP contribution in [0.15, 0.2) is 24.9 Å². The normalized spacial score (nSPS) is 31.6. The second kappa shape index (κ2) is 10.5. The topological polar surface area (TPSA) is 81.2 Å². The van der Waals surface area contributed by atoms with E-state index in [0.29, 0.717) is 44.6 Å². The molecular weight excluding hydrogens is 458 g/mol. The molecule has 36 heavy (non-hydrogen) atoms. The molecule has 2 amide bonds. The zero-order valence-corrected chi connectivity index (χ0v) is 21.6. The van der Waals surface area contributed by atoms with E-state index in [9.17, 15) is 9.59 Å². The second-order valence-corrected chi connectivity index (χ2v) is 11.1. The summed E-state index contributed by atoms with van der Waals surface area (Å²) in [6.45, 7) is 9.55. The molecule has 1 saturated carbocycles. The van der Waals surface area contributed by atoms with Crippen molar-refractivity contribution in [1.29, 1.82) is 0 Å². The molecule has 1 aromatic heterocycles. The van der Waals surface area contributed by atoms with E-state index < -0.39 is 5.41 Å². The van der Waals surface area contributed by atoms with Gasteiger partial charge in [-0.05, 0) is 61.5 Å². The largest absolute Gasteiger partial charge is 0.445 e.